The first kappa shape index (κ1) is 17.0. The Balaban J connectivity index is 1.94. The van der Waals surface area contributed by atoms with Gasteiger partial charge in [-0.1, -0.05) is 53.2 Å². The first-order chi connectivity index (χ1) is 10.3. The zero-order valence-electron chi connectivity index (χ0n) is 14.3. The Bertz CT molecular complexity index is 488. The first-order valence-electron chi connectivity index (χ1n) is 8.15. The van der Waals surface area contributed by atoms with Crippen LogP contribution in [0.3, 0.4) is 0 Å². The van der Waals surface area contributed by atoms with Gasteiger partial charge < -0.3 is 0 Å². The molecule has 3 nitrogen and oxygen atoms in total. The van der Waals surface area contributed by atoms with Crippen molar-refractivity contribution in [1.82, 2.24) is 0 Å². The van der Waals surface area contributed by atoms with Gasteiger partial charge in [-0.3, -0.25) is 4.89 Å². The zero-order chi connectivity index (χ0) is 16.3. The maximum absolute atomic E-state index is 12.1. The molecule has 1 aromatic carbocycles. The molecule has 0 saturated heterocycles. The van der Waals surface area contributed by atoms with Crippen LogP contribution in [0.25, 0.3) is 0 Å². The Labute approximate surface area is 133 Å². The third-order valence-electron chi connectivity index (χ3n) is 4.45. The van der Waals surface area contributed by atoms with Crippen molar-refractivity contribution in [3.05, 3.63) is 41.5 Å². The van der Waals surface area contributed by atoms with Gasteiger partial charge in [-0.2, -0.15) is 4.89 Å². The van der Waals surface area contributed by atoms with Crippen molar-refractivity contribution < 1.29 is 14.6 Å². The minimum absolute atomic E-state index is 0.0712. The summed E-state index contributed by atoms with van der Waals surface area (Å²) >= 11 is 0. The molecule has 1 saturated carbocycles. The highest BCUT2D eigenvalue weighted by Gasteiger charge is 2.32. The minimum Gasteiger partial charge on any atom is -0.292 e. The van der Waals surface area contributed by atoms with Crippen molar-refractivity contribution in [3.63, 3.8) is 0 Å². The molecule has 1 aromatic rings. The molecule has 0 aliphatic heterocycles. The predicted octanol–water partition coefficient (Wildman–Crippen LogP) is 5.06. The van der Waals surface area contributed by atoms with E-state index in [9.17, 15) is 4.79 Å². The number of carbonyl (C=O) groups is 1. The van der Waals surface area contributed by atoms with Crippen LogP contribution in [0.5, 0.6) is 0 Å². The number of hydrogen-bond acceptors (Lipinski definition) is 3. The van der Waals surface area contributed by atoms with E-state index >= 15 is 0 Å². The standard InChI is InChI=1S/C19H27O3/c1-13-7-6-8-14(2)17(13)21-22-18(20)15-9-11-16(12-10-15)19(3,4)5/h9-14H,6-8H2,1-5H3. The molecule has 3 heteroatoms. The zero-order valence-corrected chi connectivity index (χ0v) is 14.3. The second-order valence-corrected chi connectivity index (χ2v) is 7.42. The minimum atomic E-state index is -0.432. The molecule has 0 spiro atoms. The average Bonchev–Trinajstić information content (AvgIpc) is 2.46. The lowest BCUT2D eigenvalue weighted by Crippen LogP contribution is -2.26. The van der Waals surface area contributed by atoms with Gasteiger partial charge in [-0.25, -0.2) is 4.79 Å². The number of carbonyl (C=O) groups excluding carboxylic acids is 1. The maximum Gasteiger partial charge on any atom is 0.373 e. The van der Waals surface area contributed by atoms with Crippen LogP contribution in [0.15, 0.2) is 24.3 Å². The summed E-state index contributed by atoms with van der Waals surface area (Å²) in [5, 5.41) is 0. The summed E-state index contributed by atoms with van der Waals surface area (Å²) in [4.78, 5) is 22.5. The SMILES string of the molecule is CC1CCCC(C)[C]1OOC(=O)c1ccc(C(C)(C)C)cc1. The topological polar surface area (TPSA) is 35.5 Å². The molecule has 0 aromatic heterocycles. The van der Waals surface area contributed by atoms with Gasteiger partial charge in [-0.15, -0.1) is 0 Å². The monoisotopic (exact) mass is 303 g/mol. The quantitative estimate of drug-likeness (QED) is 0.578. The molecule has 2 atom stereocenters. The summed E-state index contributed by atoms with van der Waals surface area (Å²) in [7, 11) is 0. The van der Waals surface area contributed by atoms with E-state index in [0.29, 0.717) is 17.4 Å². The second kappa shape index (κ2) is 6.82. The Kier molecular flexibility index (Phi) is 5.28. The highest BCUT2D eigenvalue weighted by Crippen LogP contribution is 2.37. The van der Waals surface area contributed by atoms with Gasteiger partial charge in [0.05, 0.1) is 5.56 Å². The summed E-state index contributed by atoms with van der Waals surface area (Å²) in [6, 6.07) is 7.53. The van der Waals surface area contributed by atoms with E-state index in [1.54, 1.807) is 12.1 Å². The highest BCUT2D eigenvalue weighted by atomic mass is 17.2. The Morgan fingerprint density at radius 1 is 1.05 bits per heavy atom. The van der Waals surface area contributed by atoms with Crippen LogP contribution < -0.4 is 0 Å². The van der Waals surface area contributed by atoms with E-state index in [2.05, 4.69) is 34.6 Å². The van der Waals surface area contributed by atoms with E-state index < -0.39 is 5.97 Å². The highest BCUT2D eigenvalue weighted by molar-refractivity contribution is 5.89. The molecule has 1 aliphatic carbocycles. The predicted molar refractivity (Wildman–Crippen MR) is 87.1 cm³/mol. The van der Waals surface area contributed by atoms with Crippen LogP contribution in [-0.4, -0.2) is 5.97 Å². The molecule has 22 heavy (non-hydrogen) atoms. The van der Waals surface area contributed by atoms with E-state index in [1.807, 2.05) is 12.1 Å². The van der Waals surface area contributed by atoms with Crippen LogP contribution in [0.2, 0.25) is 0 Å². The fourth-order valence-corrected chi connectivity index (χ4v) is 2.91. The Morgan fingerprint density at radius 3 is 2.09 bits per heavy atom. The average molecular weight is 303 g/mol. The van der Waals surface area contributed by atoms with Crippen LogP contribution in [0.4, 0.5) is 0 Å². The lowest BCUT2D eigenvalue weighted by molar-refractivity contribution is -0.253. The van der Waals surface area contributed by atoms with Crippen LogP contribution in [-0.2, 0) is 15.2 Å². The molecule has 1 radical (unpaired) electrons. The van der Waals surface area contributed by atoms with Crippen molar-refractivity contribution in [3.8, 4) is 0 Å². The number of rotatable bonds is 3. The summed E-state index contributed by atoms with van der Waals surface area (Å²) < 4.78 is 0. The van der Waals surface area contributed by atoms with E-state index in [0.717, 1.165) is 18.9 Å². The summed E-state index contributed by atoms with van der Waals surface area (Å²) in [5.74, 6) is 0.262. The third kappa shape index (κ3) is 4.10. The number of hydrogen-bond donors (Lipinski definition) is 0. The van der Waals surface area contributed by atoms with E-state index in [1.165, 1.54) is 12.0 Å². The fraction of sp³-hybridized carbons (Fsp3) is 0.579. The fourth-order valence-electron chi connectivity index (χ4n) is 2.91. The van der Waals surface area contributed by atoms with Gasteiger partial charge in [0, 0.05) is 0 Å². The van der Waals surface area contributed by atoms with Gasteiger partial charge in [0.2, 0.25) is 0 Å². The molecular formula is C19H27O3. The third-order valence-corrected chi connectivity index (χ3v) is 4.45. The summed E-state index contributed by atoms with van der Waals surface area (Å²) in [5.41, 5.74) is 1.78. The molecule has 0 heterocycles. The van der Waals surface area contributed by atoms with Crippen LogP contribution >= 0.6 is 0 Å². The van der Waals surface area contributed by atoms with Crippen LogP contribution in [0.1, 0.15) is 69.8 Å². The summed E-state index contributed by atoms with van der Waals surface area (Å²) in [6.45, 7) is 10.7. The Hall–Kier alpha value is -1.35. The normalized spacial score (nSPS) is 23.3. The van der Waals surface area contributed by atoms with E-state index in [-0.39, 0.29) is 5.41 Å². The van der Waals surface area contributed by atoms with Gasteiger partial charge >= 0.3 is 5.97 Å². The number of benzene rings is 1. The van der Waals surface area contributed by atoms with Crippen molar-refractivity contribution in [1.29, 1.82) is 0 Å². The molecule has 2 unspecified atom stereocenters. The first-order valence-corrected chi connectivity index (χ1v) is 8.15. The lowest BCUT2D eigenvalue weighted by Gasteiger charge is -2.31. The van der Waals surface area contributed by atoms with E-state index in [4.69, 9.17) is 9.78 Å². The maximum atomic E-state index is 12.1. The van der Waals surface area contributed by atoms with Crippen molar-refractivity contribution in [2.24, 2.45) is 11.8 Å². The van der Waals surface area contributed by atoms with Crippen molar-refractivity contribution >= 4 is 5.97 Å². The molecule has 2 rings (SSSR count). The smallest absolute Gasteiger partial charge is 0.292 e. The molecule has 0 amide bonds. The molecule has 1 fully saturated rings. The summed E-state index contributed by atoms with van der Waals surface area (Å²) in [6.07, 6.45) is 4.29. The Morgan fingerprint density at radius 2 is 1.59 bits per heavy atom. The molecule has 0 N–H and O–H groups in total. The van der Waals surface area contributed by atoms with Gasteiger partial charge in [0.15, 0.2) is 6.10 Å². The second-order valence-electron chi connectivity index (χ2n) is 7.42. The molecule has 0 bridgehead atoms. The molecule has 1 aliphatic rings. The van der Waals surface area contributed by atoms with Gasteiger partial charge in [0.1, 0.15) is 0 Å². The molecular weight excluding hydrogens is 276 g/mol. The van der Waals surface area contributed by atoms with Gasteiger partial charge in [0.25, 0.3) is 0 Å². The van der Waals surface area contributed by atoms with Gasteiger partial charge in [-0.05, 0) is 47.8 Å². The lowest BCUT2D eigenvalue weighted by atomic mass is 9.81. The molecule has 121 valence electrons. The van der Waals surface area contributed by atoms with Crippen molar-refractivity contribution in [2.45, 2.75) is 59.3 Å². The van der Waals surface area contributed by atoms with Crippen LogP contribution in [0, 0.1) is 17.9 Å². The van der Waals surface area contributed by atoms with Crippen molar-refractivity contribution in [2.75, 3.05) is 0 Å². The largest absolute Gasteiger partial charge is 0.373 e.